The maximum absolute atomic E-state index is 12.5. The molecular formula is C15H19F3O2. The minimum Gasteiger partial charge on any atom is -0.370 e. The smallest absolute Gasteiger partial charge is 0.370 e. The number of hydrogen-bond acceptors (Lipinski definition) is 2. The molecule has 2 nitrogen and oxygen atoms in total. The van der Waals surface area contributed by atoms with Crippen LogP contribution < -0.4 is 0 Å². The maximum atomic E-state index is 12.5. The molecule has 0 saturated heterocycles. The molecule has 20 heavy (non-hydrogen) atoms. The molecule has 0 aliphatic heterocycles. The number of rotatable bonds is 4. The fraction of sp³-hybridized carbons (Fsp3) is 0.533. The lowest BCUT2D eigenvalue weighted by Crippen LogP contribution is -2.37. The molecule has 0 amide bonds. The molecule has 1 atom stereocenters. The predicted octanol–water partition coefficient (Wildman–Crippen LogP) is 4.34. The Morgan fingerprint density at radius 1 is 1.15 bits per heavy atom. The van der Waals surface area contributed by atoms with Crippen molar-refractivity contribution in [3.05, 3.63) is 35.4 Å². The monoisotopic (exact) mass is 288 g/mol. The summed E-state index contributed by atoms with van der Waals surface area (Å²) in [6.45, 7) is 7.72. The second kappa shape index (κ2) is 5.95. The third-order valence-corrected chi connectivity index (χ3v) is 2.85. The zero-order valence-electron chi connectivity index (χ0n) is 12.0. The van der Waals surface area contributed by atoms with Gasteiger partial charge in [-0.15, -0.1) is 0 Å². The average Bonchev–Trinajstić information content (AvgIpc) is 2.33. The Morgan fingerprint density at radius 3 is 2.00 bits per heavy atom. The molecule has 0 saturated carbocycles. The molecule has 1 unspecified atom stereocenters. The van der Waals surface area contributed by atoms with Crippen LogP contribution in [0, 0.1) is 5.41 Å². The lowest BCUT2D eigenvalue weighted by atomic mass is 9.84. The maximum Gasteiger partial charge on any atom is 0.416 e. The van der Waals surface area contributed by atoms with Crippen LogP contribution in [0.1, 0.15) is 43.6 Å². The Hall–Kier alpha value is -1.36. The fourth-order valence-corrected chi connectivity index (χ4v) is 1.86. The van der Waals surface area contributed by atoms with Crippen molar-refractivity contribution in [3.8, 4) is 0 Å². The standard InChI is InChI=1S/C15H19F3O2/c1-5-20-13(14(2,3)4)12(19)10-6-8-11(9-7-10)15(16,17)18/h6-9,13H,5H2,1-4H3. The van der Waals surface area contributed by atoms with Gasteiger partial charge >= 0.3 is 6.18 Å². The van der Waals surface area contributed by atoms with Crippen molar-refractivity contribution in [1.29, 1.82) is 0 Å². The zero-order valence-corrected chi connectivity index (χ0v) is 12.0. The molecule has 1 aromatic carbocycles. The summed E-state index contributed by atoms with van der Waals surface area (Å²) in [5.41, 5.74) is -0.959. The molecule has 0 bridgehead atoms. The van der Waals surface area contributed by atoms with Crippen molar-refractivity contribution in [2.24, 2.45) is 5.41 Å². The van der Waals surface area contributed by atoms with Gasteiger partial charge in [-0.1, -0.05) is 32.9 Å². The van der Waals surface area contributed by atoms with E-state index in [4.69, 9.17) is 4.74 Å². The van der Waals surface area contributed by atoms with Crippen LogP contribution in [0.4, 0.5) is 13.2 Å². The van der Waals surface area contributed by atoms with E-state index in [0.29, 0.717) is 6.61 Å². The van der Waals surface area contributed by atoms with Gasteiger partial charge in [-0.25, -0.2) is 0 Å². The molecule has 1 aromatic rings. The Morgan fingerprint density at radius 2 is 1.65 bits per heavy atom. The molecule has 112 valence electrons. The van der Waals surface area contributed by atoms with E-state index in [1.807, 2.05) is 20.8 Å². The number of carbonyl (C=O) groups excluding carboxylic acids is 1. The van der Waals surface area contributed by atoms with Gasteiger partial charge in [0.05, 0.1) is 5.56 Å². The summed E-state index contributed by atoms with van der Waals surface area (Å²) >= 11 is 0. The molecule has 0 radical (unpaired) electrons. The second-order valence-corrected chi connectivity index (χ2v) is 5.64. The summed E-state index contributed by atoms with van der Waals surface area (Å²) in [5.74, 6) is -0.298. The first-order valence-electron chi connectivity index (χ1n) is 6.40. The minimum absolute atomic E-state index is 0.228. The minimum atomic E-state index is -4.40. The van der Waals surface area contributed by atoms with E-state index in [-0.39, 0.29) is 11.3 Å². The Balaban J connectivity index is 3.02. The van der Waals surface area contributed by atoms with Gasteiger partial charge < -0.3 is 4.74 Å². The summed E-state index contributed by atoms with van der Waals surface area (Å²) in [7, 11) is 0. The van der Waals surface area contributed by atoms with Gasteiger partial charge in [-0.05, 0) is 24.5 Å². The summed E-state index contributed by atoms with van der Waals surface area (Å²) in [6, 6.07) is 4.23. The summed E-state index contributed by atoms with van der Waals surface area (Å²) < 4.78 is 42.9. The third kappa shape index (κ3) is 4.07. The highest BCUT2D eigenvalue weighted by Gasteiger charge is 2.34. The number of carbonyl (C=O) groups is 1. The van der Waals surface area contributed by atoms with Gasteiger partial charge in [-0.2, -0.15) is 13.2 Å². The molecule has 5 heteroatoms. The van der Waals surface area contributed by atoms with Gasteiger partial charge in [0.15, 0.2) is 5.78 Å². The first kappa shape index (κ1) is 16.7. The topological polar surface area (TPSA) is 26.3 Å². The summed E-state index contributed by atoms with van der Waals surface area (Å²) in [4.78, 5) is 12.3. The highest BCUT2D eigenvalue weighted by Crippen LogP contribution is 2.30. The average molecular weight is 288 g/mol. The number of ketones is 1. The predicted molar refractivity (Wildman–Crippen MR) is 70.6 cm³/mol. The Bertz CT molecular complexity index is 455. The summed E-state index contributed by atoms with van der Waals surface area (Å²) in [5, 5.41) is 0. The third-order valence-electron chi connectivity index (χ3n) is 2.85. The van der Waals surface area contributed by atoms with Crippen LogP contribution in [0.15, 0.2) is 24.3 Å². The van der Waals surface area contributed by atoms with Crippen LogP contribution in [0.3, 0.4) is 0 Å². The van der Waals surface area contributed by atoms with Crippen LogP contribution >= 0.6 is 0 Å². The van der Waals surface area contributed by atoms with Crippen molar-refractivity contribution in [2.75, 3.05) is 6.61 Å². The number of hydrogen-bond donors (Lipinski definition) is 0. The largest absolute Gasteiger partial charge is 0.416 e. The van der Waals surface area contributed by atoms with E-state index in [1.54, 1.807) is 6.92 Å². The van der Waals surface area contributed by atoms with Crippen LogP contribution in [0.25, 0.3) is 0 Å². The van der Waals surface area contributed by atoms with Gasteiger partial charge in [0, 0.05) is 12.2 Å². The highest BCUT2D eigenvalue weighted by atomic mass is 19.4. The number of alkyl halides is 3. The van der Waals surface area contributed by atoms with E-state index in [2.05, 4.69) is 0 Å². The van der Waals surface area contributed by atoms with Gasteiger partial charge in [0.25, 0.3) is 0 Å². The molecule has 0 aliphatic carbocycles. The Labute approximate surface area is 116 Å². The molecule has 0 fully saturated rings. The molecule has 0 aliphatic rings. The van der Waals surface area contributed by atoms with Crippen molar-refractivity contribution in [2.45, 2.75) is 40.0 Å². The number of Topliss-reactive ketones (excluding diaryl/α,β-unsaturated/α-hetero) is 1. The number of ether oxygens (including phenoxy) is 1. The van der Waals surface area contributed by atoms with Crippen molar-refractivity contribution in [1.82, 2.24) is 0 Å². The molecule has 0 heterocycles. The van der Waals surface area contributed by atoms with Gasteiger partial charge in [0.2, 0.25) is 0 Å². The quantitative estimate of drug-likeness (QED) is 0.770. The molecule has 0 aromatic heterocycles. The number of halogens is 3. The van der Waals surface area contributed by atoms with Crippen molar-refractivity contribution < 1.29 is 22.7 Å². The second-order valence-electron chi connectivity index (χ2n) is 5.64. The fourth-order valence-electron chi connectivity index (χ4n) is 1.86. The first-order chi connectivity index (χ1) is 9.07. The van der Waals surface area contributed by atoms with E-state index < -0.39 is 23.3 Å². The zero-order chi connectivity index (χ0) is 15.6. The van der Waals surface area contributed by atoms with Gasteiger partial charge in [0.1, 0.15) is 6.10 Å². The lowest BCUT2D eigenvalue weighted by molar-refractivity contribution is -0.137. The normalized spacial score (nSPS) is 14.2. The molecular weight excluding hydrogens is 269 g/mol. The van der Waals surface area contributed by atoms with Crippen LogP contribution in [0.2, 0.25) is 0 Å². The lowest BCUT2D eigenvalue weighted by Gasteiger charge is -2.29. The summed E-state index contributed by atoms with van der Waals surface area (Å²) in [6.07, 6.45) is -5.07. The highest BCUT2D eigenvalue weighted by molar-refractivity contribution is 6.00. The number of benzene rings is 1. The van der Waals surface area contributed by atoms with E-state index in [1.165, 1.54) is 12.1 Å². The molecule has 1 rings (SSSR count). The molecule has 0 spiro atoms. The Kier molecular flexibility index (Phi) is 4.97. The SMILES string of the molecule is CCOC(C(=O)c1ccc(C(F)(F)F)cc1)C(C)(C)C. The van der Waals surface area contributed by atoms with Crippen LogP contribution in [-0.4, -0.2) is 18.5 Å². The first-order valence-corrected chi connectivity index (χ1v) is 6.40. The van der Waals surface area contributed by atoms with E-state index in [0.717, 1.165) is 12.1 Å². The van der Waals surface area contributed by atoms with Crippen LogP contribution in [-0.2, 0) is 10.9 Å². The molecule has 0 N–H and O–H groups in total. The van der Waals surface area contributed by atoms with E-state index >= 15 is 0 Å². The van der Waals surface area contributed by atoms with E-state index in [9.17, 15) is 18.0 Å². The van der Waals surface area contributed by atoms with Gasteiger partial charge in [-0.3, -0.25) is 4.79 Å². The van der Waals surface area contributed by atoms with Crippen molar-refractivity contribution in [3.63, 3.8) is 0 Å². The van der Waals surface area contributed by atoms with Crippen LogP contribution in [0.5, 0.6) is 0 Å². The van der Waals surface area contributed by atoms with Crippen molar-refractivity contribution >= 4 is 5.78 Å².